The van der Waals surface area contributed by atoms with Crippen LogP contribution in [0.5, 0.6) is 0 Å². The van der Waals surface area contributed by atoms with E-state index in [-0.39, 0.29) is 5.91 Å². The minimum Gasteiger partial charge on any atom is -0.349 e. The van der Waals surface area contributed by atoms with Gasteiger partial charge in [-0.05, 0) is 42.8 Å². The Morgan fingerprint density at radius 3 is 2.91 bits per heavy atom. The first-order valence-corrected chi connectivity index (χ1v) is 9.71. The first kappa shape index (κ1) is 16.5. The molecule has 3 nitrogen and oxygen atoms in total. The molecule has 0 bridgehead atoms. The average molecular weight is 407 g/mol. The Morgan fingerprint density at radius 2 is 2.13 bits per heavy atom. The number of para-hydroxylation sites is 1. The number of carbonyl (C=O) groups is 1. The summed E-state index contributed by atoms with van der Waals surface area (Å²) in [5.41, 5.74) is 2.16. The Labute approximate surface area is 151 Å². The van der Waals surface area contributed by atoms with E-state index in [2.05, 4.69) is 32.3 Å². The van der Waals surface area contributed by atoms with Crippen LogP contribution in [-0.4, -0.2) is 16.6 Å². The predicted molar refractivity (Wildman–Crippen MR) is 101 cm³/mol. The summed E-state index contributed by atoms with van der Waals surface area (Å²) in [5, 5.41) is 3.87. The zero-order valence-electron chi connectivity index (χ0n) is 12.5. The number of thiazole rings is 1. The highest BCUT2D eigenvalue weighted by Gasteiger charge is 2.07. The van der Waals surface area contributed by atoms with E-state index < -0.39 is 0 Å². The fourth-order valence-electron chi connectivity index (χ4n) is 2.14. The highest BCUT2D eigenvalue weighted by molar-refractivity contribution is 9.10. The number of halogens is 1. The monoisotopic (exact) mass is 406 g/mol. The van der Waals surface area contributed by atoms with E-state index in [0.29, 0.717) is 12.3 Å². The van der Waals surface area contributed by atoms with Crippen molar-refractivity contribution in [3.63, 3.8) is 0 Å². The van der Waals surface area contributed by atoms with Gasteiger partial charge in [-0.2, -0.15) is 0 Å². The SMILES string of the molecule is Cc1cc(Br)ccc1SCC(=O)NCc1nc2ccccc2s1. The molecule has 0 saturated heterocycles. The molecule has 0 aliphatic heterocycles. The van der Waals surface area contributed by atoms with Crippen molar-refractivity contribution >= 4 is 55.2 Å². The number of aryl methyl sites for hydroxylation is 1. The van der Waals surface area contributed by atoms with Gasteiger partial charge in [0.2, 0.25) is 5.91 Å². The summed E-state index contributed by atoms with van der Waals surface area (Å²) >= 11 is 6.62. The highest BCUT2D eigenvalue weighted by atomic mass is 79.9. The van der Waals surface area contributed by atoms with Crippen LogP contribution in [0.25, 0.3) is 10.2 Å². The van der Waals surface area contributed by atoms with Crippen molar-refractivity contribution in [2.24, 2.45) is 0 Å². The molecule has 0 aliphatic carbocycles. The number of amides is 1. The summed E-state index contributed by atoms with van der Waals surface area (Å²) in [4.78, 5) is 17.7. The van der Waals surface area contributed by atoms with Gasteiger partial charge < -0.3 is 5.32 Å². The largest absolute Gasteiger partial charge is 0.349 e. The maximum Gasteiger partial charge on any atom is 0.230 e. The number of fused-ring (bicyclic) bond motifs is 1. The van der Waals surface area contributed by atoms with Crippen LogP contribution in [0.15, 0.2) is 51.8 Å². The van der Waals surface area contributed by atoms with Gasteiger partial charge in [0.15, 0.2) is 0 Å². The second-order valence-electron chi connectivity index (χ2n) is 5.05. The van der Waals surface area contributed by atoms with E-state index in [4.69, 9.17) is 0 Å². The summed E-state index contributed by atoms with van der Waals surface area (Å²) in [6.07, 6.45) is 0. The fourth-order valence-corrected chi connectivity index (χ4v) is 4.36. The van der Waals surface area contributed by atoms with Crippen molar-refractivity contribution in [1.82, 2.24) is 10.3 Å². The summed E-state index contributed by atoms with van der Waals surface area (Å²) < 4.78 is 2.20. The lowest BCUT2D eigenvalue weighted by atomic mass is 10.2. The standard InChI is InChI=1S/C17H15BrN2OS2/c1-11-8-12(18)6-7-14(11)22-10-16(21)19-9-17-20-13-4-2-3-5-15(13)23-17/h2-8H,9-10H2,1H3,(H,19,21). The maximum atomic E-state index is 12.0. The molecule has 6 heteroatoms. The van der Waals surface area contributed by atoms with Crippen molar-refractivity contribution in [2.75, 3.05) is 5.75 Å². The Bertz CT molecular complexity index is 814. The van der Waals surface area contributed by atoms with Crippen molar-refractivity contribution in [1.29, 1.82) is 0 Å². The van der Waals surface area contributed by atoms with Crippen molar-refractivity contribution in [3.8, 4) is 0 Å². The van der Waals surface area contributed by atoms with E-state index in [1.807, 2.05) is 43.3 Å². The van der Waals surface area contributed by atoms with E-state index in [1.54, 1.807) is 23.1 Å². The van der Waals surface area contributed by atoms with Crippen LogP contribution >= 0.6 is 39.0 Å². The molecule has 0 unspecified atom stereocenters. The molecule has 118 valence electrons. The van der Waals surface area contributed by atoms with Gasteiger partial charge in [0.05, 0.1) is 22.5 Å². The number of hydrogen-bond acceptors (Lipinski definition) is 4. The van der Waals surface area contributed by atoms with E-state index in [9.17, 15) is 4.79 Å². The zero-order valence-corrected chi connectivity index (χ0v) is 15.7. The number of carbonyl (C=O) groups excluding carboxylic acids is 1. The number of nitrogens with zero attached hydrogens (tertiary/aromatic N) is 1. The molecule has 3 aromatic rings. The quantitative estimate of drug-likeness (QED) is 0.620. The van der Waals surface area contributed by atoms with E-state index >= 15 is 0 Å². The molecule has 0 fully saturated rings. The lowest BCUT2D eigenvalue weighted by molar-refractivity contribution is -0.118. The van der Waals surface area contributed by atoms with Crippen LogP contribution in [0, 0.1) is 6.92 Å². The number of thioether (sulfide) groups is 1. The third kappa shape index (κ3) is 4.34. The topological polar surface area (TPSA) is 42.0 Å². The molecule has 1 heterocycles. The smallest absolute Gasteiger partial charge is 0.230 e. The number of aromatic nitrogens is 1. The van der Waals surface area contributed by atoms with Gasteiger partial charge in [0.1, 0.15) is 5.01 Å². The minimum atomic E-state index is 0.0246. The van der Waals surface area contributed by atoms with Gasteiger partial charge in [-0.3, -0.25) is 4.79 Å². The minimum absolute atomic E-state index is 0.0246. The van der Waals surface area contributed by atoms with Crippen molar-refractivity contribution < 1.29 is 4.79 Å². The summed E-state index contributed by atoms with van der Waals surface area (Å²) in [6, 6.07) is 14.1. The molecule has 0 aliphatic rings. The van der Waals surface area contributed by atoms with Gasteiger partial charge in [0, 0.05) is 9.37 Å². The number of benzene rings is 2. The lowest BCUT2D eigenvalue weighted by Gasteiger charge is -2.06. The molecule has 1 amide bonds. The summed E-state index contributed by atoms with van der Waals surface area (Å²) in [5.74, 6) is 0.435. The van der Waals surface area contributed by atoms with Crippen molar-refractivity contribution in [3.05, 3.63) is 57.5 Å². The normalized spacial score (nSPS) is 10.9. The number of hydrogen-bond donors (Lipinski definition) is 1. The van der Waals surface area contributed by atoms with Crippen LogP contribution in [-0.2, 0) is 11.3 Å². The molecule has 0 radical (unpaired) electrons. The average Bonchev–Trinajstić information content (AvgIpc) is 2.95. The summed E-state index contributed by atoms with van der Waals surface area (Å²) in [6.45, 7) is 2.53. The third-order valence-electron chi connectivity index (χ3n) is 3.27. The molecule has 23 heavy (non-hydrogen) atoms. The Kier molecular flexibility index (Phi) is 5.35. The molecule has 1 N–H and O–H groups in total. The molecule has 0 spiro atoms. The number of nitrogens with one attached hydrogen (secondary N) is 1. The van der Waals surface area contributed by atoms with E-state index in [0.717, 1.165) is 24.6 Å². The van der Waals surface area contributed by atoms with Gasteiger partial charge in [0.25, 0.3) is 0 Å². The van der Waals surface area contributed by atoms with Crippen molar-refractivity contribution in [2.45, 2.75) is 18.4 Å². The Morgan fingerprint density at radius 1 is 1.30 bits per heavy atom. The second-order valence-corrected chi connectivity index (χ2v) is 8.10. The van der Waals surface area contributed by atoms with Crippen LogP contribution in [0.4, 0.5) is 0 Å². The molecule has 1 aromatic heterocycles. The molecular weight excluding hydrogens is 392 g/mol. The first-order chi connectivity index (χ1) is 11.1. The van der Waals surface area contributed by atoms with Crippen LogP contribution in [0.3, 0.4) is 0 Å². The van der Waals surface area contributed by atoms with Gasteiger partial charge >= 0.3 is 0 Å². The highest BCUT2D eigenvalue weighted by Crippen LogP contribution is 2.25. The van der Waals surface area contributed by atoms with Gasteiger partial charge in [-0.1, -0.05) is 28.1 Å². The van der Waals surface area contributed by atoms with Gasteiger partial charge in [-0.25, -0.2) is 4.98 Å². The fraction of sp³-hybridized carbons (Fsp3) is 0.176. The van der Waals surface area contributed by atoms with Gasteiger partial charge in [-0.15, -0.1) is 23.1 Å². The molecule has 0 saturated carbocycles. The molecule has 0 atom stereocenters. The summed E-state index contributed by atoms with van der Waals surface area (Å²) in [7, 11) is 0. The van der Waals surface area contributed by atoms with E-state index in [1.165, 1.54) is 5.56 Å². The number of rotatable bonds is 5. The second kappa shape index (κ2) is 7.47. The first-order valence-electron chi connectivity index (χ1n) is 7.12. The third-order valence-corrected chi connectivity index (χ3v) is 5.98. The molecule has 2 aromatic carbocycles. The Hall–Kier alpha value is -1.37. The van der Waals surface area contributed by atoms with Crippen LogP contribution < -0.4 is 5.32 Å². The Balaban J connectivity index is 1.53. The van der Waals surface area contributed by atoms with Crippen LogP contribution in [0.1, 0.15) is 10.6 Å². The molecular formula is C17H15BrN2OS2. The lowest BCUT2D eigenvalue weighted by Crippen LogP contribution is -2.24. The zero-order chi connectivity index (χ0) is 16.2. The van der Waals surface area contributed by atoms with Crippen LogP contribution in [0.2, 0.25) is 0 Å². The predicted octanol–water partition coefficient (Wildman–Crippen LogP) is 4.78. The molecule has 3 rings (SSSR count). The maximum absolute atomic E-state index is 12.0.